The van der Waals surface area contributed by atoms with Crippen LogP contribution in [-0.2, 0) is 14.3 Å². The molecule has 0 saturated heterocycles. The zero-order chi connectivity index (χ0) is 19.2. The van der Waals surface area contributed by atoms with Crippen LogP contribution in [0.5, 0.6) is 0 Å². The maximum Gasteiger partial charge on any atom is 0.331 e. The van der Waals surface area contributed by atoms with Crippen LogP contribution in [0.25, 0.3) is 16.3 Å². The molecule has 1 saturated carbocycles. The van der Waals surface area contributed by atoms with Gasteiger partial charge in [-0.05, 0) is 44.9 Å². The molecule has 27 heavy (non-hydrogen) atoms. The van der Waals surface area contributed by atoms with Crippen molar-refractivity contribution in [3.63, 3.8) is 0 Å². The van der Waals surface area contributed by atoms with Crippen LogP contribution in [0.3, 0.4) is 0 Å². The molecule has 5 nitrogen and oxygen atoms in total. The molecule has 1 amide bonds. The van der Waals surface area contributed by atoms with Crippen LogP contribution < -0.4 is 0 Å². The van der Waals surface area contributed by atoms with Crippen LogP contribution in [-0.4, -0.2) is 40.5 Å². The molecule has 0 N–H and O–H groups in total. The molecule has 1 aromatic heterocycles. The Labute approximate surface area is 164 Å². The predicted molar refractivity (Wildman–Crippen MR) is 108 cm³/mol. The smallest absolute Gasteiger partial charge is 0.331 e. The average Bonchev–Trinajstić information content (AvgIpc) is 3.10. The number of para-hydroxylation sites is 1. The Bertz CT molecular complexity index is 791. The number of ether oxygens (including phenoxy) is 1. The summed E-state index contributed by atoms with van der Waals surface area (Å²) in [5, 5.41) is 0.740. The van der Waals surface area contributed by atoms with Gasteiger partial charge < -0.3 is 9.64 Å². The van der Waals surface area contributed by atoms with E-state index in [1.165, 1.54) is 23.8 Å². The van der Waals surface area contributed by atoms with Crippen LogP contribution in [0.1, 0.15) is 51.0 Å². The highest BCUT2D eigenvalue weighted by molar-refractivity contribution is 7.19. The van der Waals surface area contributed by atoms with Crippen molar-refractivity contribution >= 4 is 39.5 Å². The third-order valence-electron chi connectivity index (χ3n) is 4.95. The highest BCUT2D eigenvalue weighted by Crippen LogP contribution is 2.24. The van der Waals surface area contributed by atoms with Gasteiger partial charge in [0.15, 0.2) is 6.10 Å². The Morgan fingerprint density at radius 3 is 2.74 bits per heavy atom. The van der Waals surface area contributed by atoms with Gasteiger partial charge in [0.05, 0.1) is 10.2 Å². The molecule has 6 heteroatoms. The van der Waals surface area contributed by atoms with E-state index in [0.717, 1.165) is 40.9 Å². The summed E-state index contributed by atoms with van der Waals surface area (Å²) >= 11 is 1.51. The number of carbonyl (C=O) groups is 2. The van der Waals surface area contributed by atoms with Crippen LogP contribution in [0, 0.1) is 0 Å². The Morgan fingerprint density at radius 1 is 1.30 bits per heavy atom. The first kappa shape index (κ1) is 19.5. The summed E-state index contributed by atoms with van der Waals surface area (Å²) in [5.41, 5.74) is 0.908. The summed E-state index contributed by atoms with van der Waals surface area (Å²) in [6.07, 6.45) is 7.85. The Kier molecular flexibility index (Phi) is 6.61. The number of fused-ring (bicyclic) bond motifs is 1. The van der Waals surface area contributed by atoms with Gasteiger partial charge in [0.2, 0.25) is 0 Å². The number of thiazole rings is 1. The Balaban J connectivity index is 1.57. The number of benzene rings is 1. The van der Waals surface area contributed by atoms with Crippen LogP contribution in [0.2, 0.25) is 0 Å². The highest BCUT2D eigenvalue weighted by atomic mass is 32.1. The summed E-state index contributed by atoms with van der Waals surface area (Å²) in [6.45, 7) is 4.28. The number of carbonyl (C=O) groups excluding carboxylic acids is 2. The van der Waals surface area contributed by atoms with Crippen molar-refractivity contribution < 1.29 is 14.3 Å². The molecule has 0 unspecified atom stereocenters. The van der Waals surface area contributed by atoms with E-state index in [0.29, 0.717) is 6.54 Å². The number of esters is 1. The second kappa shape index (κ2) is 9.13. The van der Waals surface area contributed by atoms with Crippen molar-refractivity contribution in [3.05, 3.63) is 35.3 Å². The summed E-state index contributed by atoms with van der Waals surface area (Å²) in [7, 11) is 0. The van der Waals surface area contributed by atoms with E-state index in [1.54, 1.807) is 13.0 Å². The Morgan fingerprint density at radius 2 is 2.04 bits per heavy atom. The second-order valence-corrected chi connectivity index (χ2v) is 7.91. The molecule has 0 spiro atoms. The third kappa shape index (κ3) is 4.95. The number of likely N-dealkylation sites (N-methyl/N-ethyl adjacent to an activating group) is 1. The minimum absolute atomic E-state index is 0.105. The maximum atomic E-state index is 12.7. The molecule has 1 heterocycles. The second-order valence-electron chi connectivity index (χ2n) is 6.85. The van der Waals surface area contributed by atoms with Gasteiger partial charge in [0.1, 0.15) is 5.01 Å². The molecule has 1 fully saturated rings. The van der Waals surface area contributed by atoms with E-state index in [2.05, 4.69) is 4.98 Å². The summed E-state index contributed by atoms with van der Waals surface area (Å²) in [5.74, 6) is -0.624. The molecule has 1 aliphatic carbocycles. The molecule has 0 bridgehead atoms. The molecule has 3 rings (SSSR count). The van der Waals surface area contributed by atoms with E-state index in [9.17, 15) is 9.59 Å². The molecule has 0 aliphatic heterocycles. The quantitative estimate of drug-likeness (QED) is 0.545. The average molecular weight is 387 g/mol. The number of rotatable bonds is 6. The van der Waals surface area contributed by atoms with Crippen LogP contribution in [0.4, 0.5) is 0 Å². The molecule has 1 aliphatic rings. The minimum Gasteiger partial charge on any atom is -0.449 e. The SMILES string of the molecule is CCN(C(=O)[C@@H](C)OC(=O)/C=C/c1nc2ccccc2s1)C1CCCCC1. The Hall–Kier alpha value is -2.21. The fourth-order valence-electron chi connectivity index (χ4n) is 3.58. The van der Waals surface area contributed by atoms with E-state index in [-0.39, 0.29) is 11.9 Å². The summed E-state index contributed by atoms with van der Waals surface area (Å²) < 4.78 is 6.41. The number of nitrogens with zero attached hydrogens (tertiary/aromatic N) is 2. The minimum atomic E-state index is -0.778. The predicted octanol–water partition coefficient (Wildman–Crippen LogP) is 4.42. The zero-order valence-corrected chi connectivity index (χ0v) is 16.7. The monoisotopic (exact) mass is 386 g/mol. The van der Waals surface area contributed by atoms with Gasteiger partial charge in [-0.2, -0.15) is 0 Å². The van der Waals surface area contributed by atoms with Crippen molar-refractivity contribution in [1.29, 1.82) is 0 Å². The van der Waals surface area contributed by atoms with Crippen LogP contribution >= 0.6 is 11.3 Å². The third-order valence-corrected chi connectivity index (χ3v) is 5.95. The van der Waals surface area contributed by atoms with Gasteiger partial charge in [-0.1, -0.05) is 31.4 Å². The maximum absolute atomic E-state index is 12.7. The molecule has 1 aromatic carbocycles. The zero-order valence-electron chi connectivity index (χ0n) is 15.9. The number of aromatic nitrogens is 1. The van der Waals surface area contributed by atoms with E-state index >= 15 is 0 Å². The lowest BCUT2D eigenvalue weighted by molar-refractivity contribution is -0.156. The first-order valence-electron chi connectivity index (χ1n) is 9.63. The molecule has 1 atom stereocenters. The number of hydrogen-bond donors (Lipinski definition) is 0. The molecule has 144 valence electrons. The van der Waals surface area contributed by atoms with E-state index < -0.39 is 12.1 Å². The molecule has 0 radical (unpaired) electrons. The van der Waals surface area contributed by atoms with Gasteiger partial charge in [-0.15, -0.1) is 11.3 Å². The van der Waals surface area contributed by atoms with Crippen molar-refractivity contribution in [2.24, 2.45) is 0 Å². The summed E-state index contributed by atoms with van der Waals surface area (Å²) in [4.78, 5) is 31.2. The lowest BCUT2D eigenvalue weighted by Gasteiger charge is -2.34. The first-order chi connectivity index (χ1) is 13.1. The number of hydrogen-bond acceptors (Lipinski definition) is 5. The van der Waals surface area contributed by atoms with Gasteiger partial charge >= 0.3 is 5.97 Å². The fourth-order valence-corrected chi connectivity index (χ4v) is 4.46. The van der Waals surface area contributed by atoms with Gasteiger partial charge in [-0.3, -0.25) is 4.79 Å². The van der Waals surface area contributed by atoms with Gasteiger partial charge in [-0.25, -0.2) is 9.78 Å². The van der Waals surface area contributed by atoms with Crippen molar-refractivity contribution in [1.82, 2.24) is 9.88 Å². The van der Waals surface area contributed by atoms with E-state index in [1.807, 2.05) is 36.1 Å². The van der Waals surface area contributed by atoms with Crippen molar-refractivity contribution in [2.75, 3.05) is 6.54 Å². The van der Waals surface area contributed by atoms with Crippen LogP contribution in [0.15, 0.2) is 30.3 Å². The van der Waals surface area contributed by atoms with Crippen molar-refractivity contribution in [3.8, 4) is 0 Å². The van der Waals surface area contributed by atoms with Gasteiger partial charge in [0, 0.05) is 18.7 Å². The standard InChI is InChI=1S/C21H26N2O3S/c1-3-23(16-9-5-4-6-10-16)21(25)15(2)26-20(24)14-13-19-22-17-11-7-8-12-18(17)27-19/h7-8,11-16H,3-6,9-10H2,1-2H3/b14-13+/t15-/m1/s1. The summed E-state index contributed by atoms with van der Waals surface area (Å²) in [6, 6.07) is 8.10. The largest absolute Gasteiger partial charge is 0.449 e. The lowest BCUT2D eigenvalue weighted by atomic mass is 9.94. The number of amides is 1. The normalized spacial score (nSPS) is 16.5. The molecule has 2 aromatic rings. The fraction of sp³-hybridized carbons (Fsp3) is 0.476. The van der Waals surface area contributed by atoms with Crippen molar-refractivity contribution in [2.45, 2.75) is 58.1 Å². The first-order valence-corrected chi connectivity index (χ1v) is 10.4. The molecular formula is C21H26N2O3S. The lowest BCUT2D eigenvalue weighted by Crippen LogP contribution is -2.46. The van der Waals surface area contributed by atoms with Gasteiger partial charge in [0.25, 0.3) is 5.91 Å². The van der Waals surface area contributed by atoms with E-state index in [4.69, 9.17) is 4.74 Å². The molecular weight excluding hydrogens is 360 g/mol. The highest BCUT2D eigenvalue weighted by Gasteiger charge is 2.28. The topological polar surface area (TPSA) is 59.5 Å².